The molecule has 0 saturated heterocycles. The number of carboxylic acids is 1. The van der Waals surface area contributed by atoms with E-state index >= 15 is 0 Å². The van der Waals surface area contributed by atoms with Crippen LogP contribution in [0.1, 0.15) is 28.7 Å². The lowest BCUT2D eigenvalue weighted by Gasteiger charge is -2.17. The molecule has 1 amide bonds. The third kappa shape index (κ3) is 3.34. The summed E-state index contributed by atoms with van der Waals surface area (Å²) in [6.45, 7) is 0.140. The summed E-state index contributed by atoms with van der Waals surface area (Å²) in [5, 5.41) is 11.9. The SMILES string of the molecule is O=C(N[C@@H](C(=O)O)c1ccccc1)OCC1c2ccccc2-c2ccccc21. The van der Waals surface area contributed by atoms with Crippen LogP contribution in [0.25, 0.3) is 11.1 Å². The van der Waals surface area contributed by atoms with Crippen molar-refractivity contribution in [3.05, 3.63) is 95.6 Å². The van der Waals surface area contributed by atoms with Gasteiger partial charge in [-0.1, -0.05) is 78.9 Å². The van der Waals surface area contributed by atoms with Gasteiger partial charge in [-0.2, -0.15) is 0 Å². The molecule has 0 saturated carbocycles. The molecule has 1 atom stereocenters. The van der Waals surface area contributed by atoms with Crippen molar-refractivity contribution in [2.45, 2.75) is 12.0 Å². The Hall–Kier alpha value is -3.60. The van der Waals surface area contributed by atoms with E-state index in [0.29, 0.717) is 5.56 Å². The van der Waals surface area contributed by atoms with E-state index in [1.807, 2.05) is 36.4 Å². The van der Waals surface area contributed by atoms with Crippen LogP contribution < -0.4 is 5.32 Å². The predicted octanol–water partition coefficient (Wildman–Crippen LogP) is 4.35. The first kappa shape index (κ1) is 17.8. The molecule has 140 valence electrons. The average Bonchev–Trinajstić information content (AvgIpc) is 3.05. The van der Waals surface area contributed by atoms with Crippen molar-refractivity contribution in [2.24, 2.45) is 0 Å². The fourth-order valence-electron chi connectivity index (χ4n) is 3.69. The molecule has 1 aliphatic rings. The van der Waals surface area contributed by atoms with Crippen molar-refractivity contribution in [1.29, 1.82) is 0 Å². The maximum Gasteiger partial charge on any atom is 0.408 e. The third-order valence-corrected chi connectivity index (χ3v) is 4.99. The fraction of sp³-hybridized carbons (Fsp3) is 0.130. The van der Waals surface area contributed by atoms with Gasteiger partial charge < -0.3 is 15.2 Å². The minimum atomic E-state index is -1.16. The molecule has 0 unspecified atom stereocenters. The smallest absolute Gasteiger partial charge is 0.408 e. The van der Waals surface area contributed by atoms with Crippen LogP contribution in [0.5, 0.6) is 0 Å². The monoisotopic (exact) mass is 373 g/mol. The molecule has 2 N–H and O–H groups in total. The molecule has 0 radical (unpaired) electrons. The van der Waals surface area contributed by atoms with Crippen LogP contribution in [0.2, 0.25) is 0 Å². The van der Waals surface area contributed by atoms with Crippen molar-refractivity contribution in [2.75, 3.05) is 6.61 Å². The van der Waals surface area contributed by atoms with Gasteiger partial charge in [0.1, 0.15) is 6.61 Å². The molecule has 4 rings (SSSR count). The molecule has 0 aromatic heterocycles. The summed E-state index contributed by atoms with van der Waals surface area (Å²) in [4.78, 5) is 23.9. The summed E-state index contributed by atoms with van der Waals surface area (Å²) in [6.07, 6.45) is -0.752. The van der Waals surface area contributed by atoms with Crippen LogP contribution in [0, 0.1) is 0 Å². The van der Waals surface area contributed by atoms with Crippen LogP contribution >= 0.6 is 0 Å². The Morgan fingerprint density at radius 1 is 0.857 bits per heavy atom. The molecule has 0 fully saturated rings. The van der Waals surface area contributed by atoms with Crippen LogP contribution in [-0.2, 0) is 9.53 Å². The average molecular weight is 373 g/mol. The first-order valence-corrected chi connectivity index (χ1v) is 9.04. The highest BCUT2D eigenvalue weighted by molar-refractivity contribution is 5.82. The van der Waals surface area contributed by atoms with E-state index in [1.54, 1.807) is 30.3 Å². The lowest BCUT2D eigenvalue weighted by Crippen LogP contribution is -2.34. The number of aliphatic carboxylic acids is 1. The minimum absolute atomic E-state index is 0.0712. The lowest BCUT2D eigenvalue weighted by molar-refractivity contribution is -0.139. The highest BCUT2D eigenvalue weighted by Gasteiger charge is 2.30. The molecular formula is C23H19NO4. The quantitative estimate of drug-likeness (QED) is 0.697. The Kier molecular flexibility index (Phi) is 4.81. The fourth-order valence-corrected chi connectivity index (χ4v) is 3.69. The van der Waals surface area contributed by atoms with Gasteiger partial charge >= 0.3 is 12.1 Å². The van der Waals surface area contributed by atoms with Crippen LogP contribution in [-0.4, -0.2) is 23.8 Å². The first-order valence-electron chi connectivity index (χ1n) is 9.04. The molecule has 0 heterocycles. The summed E-state index contributed by atoms with van der Waals surface area (Å²) in [7, 11) is 0. The summed E-state index contributed by atoms with van der Waals surface area (Å²) in [5.41, 5.74) is 4.98. The first-order chi connectivity index (χ1) is 13.6. The number of amides is 1. The van der Waals surface area contributed by atoms with Gasteiger partial charge in [0.25, 0.3) is 0 Å². The van der Waals surface area contributed by atoms with Crippen LogP contribution in [0.15, 0.2) is 78.9 Å². The summed E-state index contributed by atoms with van der Waals surface area (Å²) in [5.74, 6) is -1.21. The van der Waals surface area contributed by atoms with Crippen molar-refractivity contribution in [1.82, 2.24) is 5.32 Å². The largest absolute Gasteiger partial charge is 0.479 e. The maximum atomic E-state index is 12.3. The molecule has 0 spiro atoms. The number of hydrogen-bond donors (Lipinski definition) is 2. The molecule has 0 bridgehead atoms. The highest BCUT2D eigenvalue weighted by atomic mass is 16.5. The molecule has 3 aromatic rings. The van der Waals surface area contributed by atoms with Crippen molar-refractivity contribution in [3.8, 4) is 11.1 Å². The second kappa shape index (κ2) is 7.56. The van der Waals surface area contributed by atoms with Crippen molar-refractivity contribution < 1.29 is 19.4 Å². The standard InChI is InChI=1S/C23H19NO4/c25-22(26)21(15-8-2-1-3-9-15)24-23(27)28-14-20-18-12-6-4-10-16(18)17-11-5-7-13-19(17)20/h1-13,20-21H,14H2,(H,24,27)(H,25,26)/t21-/m1/s1. The lowest BCUT2D eigenvalue weighted by atomic mass is 9.98. The zero-order valence-electron chi connectivity index (χ0n) is 15.0. The van der Waals surface area contributed by atoms with Gasteiger partial charge in [0, 0.05) is 5.92 Å². The van der Waals surface area contributed by atoms with E-state index in [-0.39, 0.29) is 12.5 Å². The van der Waals surface area contributed by atoms with E-state index in [1.165, 1.54) is 0 Å². The number of carbonyl (C=O) groups excluding carboxylic acids is 1. The van der Waals surface area contributed by atoms with E-state index in [2.05, 4.69) is 17.4 Å². The van der Waals surface area contributed by atoms with Gasteiger partial charge in [0.2, 0.25) is 0 Å². The second-order valence-electron chi connectivity index (χ2n) is 6.65. The van der Waals surface area contributed by atoms with Crippen molar-refractivity contribution >= 4 is 12.1 Å². The molecule has 1 aliphatic carbocycles. The van der Waals surface area contributed by atoms with Gasteiger partial charge in [0.05, 0.1) is 0 Å². The van der Waals surface area contributed by atoms with Gasteiger partial charge in [-0.25, -0.2) is 9.59 Å². The normalized spacial score (nSPS) is 13.3. The Labute approximate surface area is 162 Å². The molecule has 3 aromatic carbocycles. The number of carbonyl (C=O) groups is 2. The third-order valence-electron chi connectivity index (χ3n) is 4.99. The summed E-state index contributed by atoms with van der Waals surface area (Å²) < 4.78 is 5.43. The van der Waals surface area contributed by atoms with Gasteiger partial charge in [-0.05, 0) is 27.8 Å². The van der Waals surface area contributed by atoms with Gasteiger partial charge in [-0.3, -0.25) is 0 Å². The van der Waals surface area contributed by atoms with Gasteiger partial charge in [-0.15, -0.1) is 0 Å². The Bertz CT molecular complexity index is 970. The van der Waals surface area contributed by atoms with E-state index in [0.717, 1.165) is 22.3 Å². The Balaban J connectivity index is 1.49. The molecule has 5 nitrogen and oxygen atoms in total. The number of ether oxygens (including phenoxy) is 1. The Morgan fingerprint density at radius 2 is 1.39 bits per heavy atom. The van der Waals surface area contributed by atoms with E-state index in [4.69, 9.17) is 4.74 Å². The molecule has 0 aliphatic heterocycles. The van der Waals surface area contributed by atoms with E-state index < -0.39 is 18.1 Å². The molecular weight excluding hydrogens is 354 g/mol. The second-order valence-corrected chi connectivity index (χ2v) is 6.65. The van der Waals surface area contributed by atoms with E-state index in [9.17, 15) is 14.7 Å². The zero-order chi connectivity index (χ0) is 19.5. The number of fused-ring (bicyclic) bond motifs is 3. The number of nitrogens with one attached hydrogen (secondary N) is 1. The molecule has 5 heteroatoms. The number of hydrogen-bond acceptors (Lipinski definition) is 3. The number of benzene rings is 3. The van der Waals surface area contributed by atoms with Crippen LogP contribution in [0.4, 0.5) is 4.79 Å². The van der Waals surface area contributed by atoms with Crippen molar-refractivity contribution in [3.63, 3.8) is 0 Å². The topological polar surface area (TPSA) is 75.6 Å². The minimum Gasteiger partial charge on any atom is -0.479 e. The Morgan fingerprint density at radius 3 is 1.96 bits per heavy atom. The van der Waals surface area contributed by atoms with Crippen LogP contribution in [0.3, 0.4) is 0 Å². The predicted molar refractivity (Wildman–Crippen MR) is 105 cm³/mol. The zero-order valence-corrected chi connectivity index (χ0v) is 15.0. The summed E-state index contributed by atoms with van der Waals surface area (Å²) in [6, 6.07) is 23.5. The summed E-state index contributed by atoms with van der Waals surface area (Å²) >= 11 is 0. The maximum absolute atomic E-state index is 12.3. The van der Waals surface area contributed by atoms with Gasteiger partial charge in [0.15, 0.2) is 6.04 Å². The number of alkyl carbamates (subject to hydrolysis) is 1. The highest BCUT2D eigenvalue weighted by Crippen LogP contribution is 2.44. The molecule has 28 heavy (non-hydrogen) atoms. The number of carboxylic acid groups (broad SMARTS) is 1. The number of rotatable bonds is 5.